The Balaban J connectivity index is 1.80. The maximum absolute atomic E-state index is 14.0. The van der Waals surface area contributed by atoms with Crippen LogP contribution < -0.4 is 10.1 Å². The third kappa shape index (κ3) is 2.96. The van der Waals surface area contributed by atoms with Crippen molar-refractivity contribution in [3.05, 3.63) is 53.6 Å². The van der Waals surface area contributed by atoms with E-state index in [0.717, 1.165) is 5.56 Å². The average Bonchev–Trinajstić information content (AvgIpc) is 3.27. The number of benzene rings is 1. The molecule has 1 N–H and O–H groups in total. The zero-order chi connectivity index (χ0) is 13.9. The summed E-state index contributed by atoms with van der Waals surface area (Å²) in [6.45, 7) is 2.42. The molecule has 20 heavy (non-hydrogen) atoms. The molecule has 0 spiro atoms. The summed E-state index contributed by atoms with van der Waals surface area (Å²) in [6.07, 6.45) is 5.87. The first kappa shape index (κ1) is 13.1. The molecule has 0 atom stereocenters. The summed E-state index contributed by atoms with van der Waals surface area (Å²) >= 11 is 0. The van der Waals surface area contributed by atoms with E-state index in [9.17, 15) is 4.39 Å². The summed E-state index contributed by atoms with van der Waals surface area (Å²) in [5, 5.41) is 3.41. The molecule has 1 aromatic carbocycles. The molecule has 1 saturated carbocycles. The second-order valence-electron chi connectivity index (χ2n) is 5.13. The van der Waals surface area contributed by atoms with Gasteiger partial charge in [0.2, 0.25) is 0 Å². The van der Waals surface area contributed by atoms with Crippen LogP contribution in [0.15, 0.2) is 36.7 Å². The van der Waals surface area contributed by atoms with Gasteiger partial charge in [-0.2, -0.15) is 0 Å². The fourth-order valence-corrected chi connectivity index (χ4v) is 2.01. The lowest BCUT2D eigenvalue weighted by molar-refractivity contribution is 0.433. The summed E-state index contributed by atoms with van der Waals surface area (Å²) in [6, 6.07) is 7.53. The van der Waals surface area contributed by atoms with E-state index >= 15 is 0 Å². The Morgan fingerprint density at radius 3 is 2.95 bits per heavy atom. The van der Waals surface area contributed by atoms with E-state index in [-0.39, 0.29) is 11.6 Å². The Kier molecular flexibility index (Phi) is 3.65. The monoisotopic (exact) mass is 272 g/mol. The molecular formula is C16H17FN2O. The number of aromatic nitrogens is 1. The zero-order valence-electron chi connectivity index (χ0n) is 11.4. The van der Waals surface area contributed by atoms with Gasteiger partial charge in [0, 0.05) is 30.5 Å². The first-order valence-electron chi connectivity index (χ1n) is 6.83. The van der Waals surface area contributed by atoms with Crippen molar-refractivity contribution < 1.29 is 9.13 Å². The van der Waals surface area contributed by atoms with E-state index in [1.165, 1.54) is 12.8 Å². The number of hydrogen-bond acceptors (Lipinski definition) is 3. The van der Waals surface area contributed by atoms with Gasteiger partial charge in [-0.15, -0.1) is 0 Å². The van der Waals surface area contributed by atoms with Crippen LogP contribution in [0.5, 0.6) is 11.5 Å². The molecule has 3 rings (SSSR count). The fraction of sp³-hybridized carbons (Fsp3) is 0.312. The highest BCUT2D eigenvalue weighted by Gasteiger charge is 2.20. The lowest BCUT2D eigenvalue weighted by Crippen LogP contribution is -2.16. The van der Waals surface area contributed by atoms with Gasteiger partial charge < -0.3 is 10.1 Å². The van der Waals surface area contributed by atoms with Crippen molar-refractivity contribution in [2.75, 3.05) is 0 Å². The smallest absolute Gasteiger partial charge is 0.168 e. The Morgan fingerprint density at radius 2 is 2.15 bits per heavy atom. The SMILES string of the molecule is Cc1cccc(Oc2ccncc2CNC2CC2)c1F. The molecule has 0 saturated heterocycles. The van der Waals surface area contributed by atoms with Crippen LogP contribution in [-0.4, -0.2) is 11.0 Å². The second-order valence-corrected chi connectivity index (χ2v) is 5.13. The van der Waals surface area contributed by atoms with Crippen LogP contribution in [0.1, 0.15) is 24.0 Å². The molecule has 1 aliphatic rings. The standard InChI is InChI=1S/C16H17FN2O/c1-11-3-2-4-15(16(11)17)20-14-7-8-18-9-12(14)10-19-13-5-6-13/h2-4,7-9,13,19H,5-6,10H2,1H3. The van der Waals surface area contributed by atoms with Crippen LogP contribution in [0.25, 0.3) is 0 Å². The van der Waals surface area contributed by atoms with Gasteiger partial charge in [-0.3, -0.25) is 4.98 Å². The predicted molar refractivity (Wildman–Crippen MR) is 75.3 cm³/mol. The summed E-state index contributed by atoms with van der Waals surface area (Å²) in [5.41, 5.74) is 1.52. The first-order valence-corrected chi connectivity index (χ1v) is 6.83. The molecule has 0 aliphatic heterocycles. The largest absolute Gasteiger partial charge is 0.454 e. The molecule has 0 amide bonds. The summed E-state index contributed by atoms with van der Waals surface area (Å²) in [5.74, 6) is 0.590. The molecular weight excluding hydrogens is 255 g/mol. The Morgan fingerprint density at radius 1 is 1.30 bits per heavy atom. The minimum absolute atomic E-state index is 0.254. The van der Waals surface area contributed by atoms with E-state index in [2.05, 4.69) is 10.3 Å². The van der Waals surface area contributed by atoms with Gasteiger partial charge >= 0.3 is 0 Å². The van der Waals surface area contributed by atoms with Crippen molar-refractivity contribution in [2.45, 2.75) is 32.4 Å². The van der Waals surface area contributed by atoms with E-state index < -0.39 is 0 Å². The van der Waals surface area contributed by atoms with Crippen molar-refractivity contribution >= 4 is 0 Å². The van der Waals surface area contributed by atoms with Gasteiger partial charge in [0.15, 0.2) is 11.6 Å². The number of hydrogen-bond donors (Lipinski definition) is 1. The van der Waals surface area contributed by atoms with Crippen molar-refractivity contribution in [1.82, 2.24) is 10.3 Å². The average molecular weight is 272 g/mol. The minimum atomic E-state index is -0.314. The molecule has 3 nitrogen and oxygen atoms in total. The maximum atomic E-state index is 14.0. The lowest BCUT2D eigenvalue weighted by Gasteiger charge is -2.12. The molecule has 0 bridgehead atoms. The number of nitrogens with zero attached hydrogens (tertiary/aromatic N) is 1. The molecule has 2 aromatic rings. The van der Waals surface area contributed by atoms with Gasteiger partial charge in [0.25, 0.3) is 0 Å². The van der Waals surface area contributed by atoms with E-state index in [1.54, 1.807) is 43.6 Å². The van der Waals surface area contributed by atoms with E-state index in [4.69, 9.17) is 4.74 Å². The van der Waals surface area contributed by atoms with Crippen LogP contribution >= 0.6 is 0 Å². The summed E-state index contributed by atoms with van der Waals surface area (Å²) in [4.78, 5) is 4.11. The first-order chi connectivity index (χ1) is 9.74. The Labute approximate surface area is 117 Å². The second kappa shape index (κ2) is 5.59. The van der Waals surface area contributed by atoms with Gasteiger partial charge in [0.1, 0.15) is 5.75 Å². The van der Waals surface area contributed by atoms with Crippen LogP contribution in [-0.2, 0) is 6.54 Å². The Hall–Kier alpha value is -1.94. The highest BCUT2D eigenvalue weighted by atomic mass is 19.1. The predicted octanol–water partition coefficient (Wildman–Crippen LogP) is 3.57. The van der Waals surface area contributed by atoms with Gasteiger partial charge in [-0.05, 0) is 37.5 Å². The normalized spacial score (nSPS) is 14.3. The van der Waals surface area contributed by atoms with Gasteiger partial charge in [-0.1, -0.05) is 12.1 Å². The van der Waals surface area contributed by atoms with Crippen molar-refractivity contribution in [1.29, 1.82) is 0 Å². The lowest BCUT2D eigenvalue weighted by atomic mass is 10.2. The van der Waals surface area contributed by atoms with Crippen LogP contribution in [0.2, 0.25) is 0 Å². The molecule has 1 heterocycles. The number of halogens is 1. The summed E-state index contributed by atoms with van der Waals surface area (Å²) in [7, 11) is 0. The van der Waals surface area contributed by atoms with Crippen molar-refractivity contribution in [3.63, 3.8) is 0 Å². The van der Waals surface area contributed by atoms with Crippen LogP contribution in [0.4, 0.5) is 4.39 Å². The molecule has 104 valence electrons. The molecule has 0 radical (unpaired) electrons. The molecule has 1 aliphatic carbocycles. The number of rotatable bonds is 5. The highest BCUT2D eigenvalue weighted by molar-refractivity contribution is 5.38. The minimum Gasteiger partial charge on any atom is -0.454 e. The number of nitrogens with one attached hydrogen (secondary N) is 1. The van der Waals surface area contributed by atoms with Crippen molar-refractivity contribution in [2.24, 2.45) is 0 Å². The summed E-state index contributed by atoms with van der Waals surface area (Å²) < 4.78 is 19.7. The maximum Gasteiger partial charge on any atom is 0.168 e. The van der Waals surface area contributed by atoms with Gasteiger partial charge in [0.05, 0.1) is 0 Å². The Bertz CT molecular complexity index is 611. The fourth-order valence-electron chi connectivity index (χ4n) is 2.01. The molecule has 4 heteroatoms. The highest BCUT2D eigenvalue weighted by Crippen LogP contribution is 2.29. The number of ether oxygens (including phenoxy) is 1. The van der Waals surface area contributed by atoms with Crippen molar-refractivity contribution in [3.8, 4) is 11.5 Å². The molecule has 1 aromatic heterocycles. The topological polar surface area (TPSA) is 34.1 Å². The third-order valence-electron chi connectivity index (χ3n) is 3.39. The zero-order valence-corrected chi connectivity index (χ0v) is 11.4. The molecule has 0 unspecified atom stereocenters. The number of aryl methyl sites for hydroxylation is 1. The van der Waals surface area contributed by atoms with Crippen LogP contribution in [0, 0.1) is 12.7 Å². The quantitative estimate of drug-likeness (QED) is 0.903. The van der Waals surface area contributed by atoms with E-state index in [0.29, 0.717) is 23.9 Å². The van der Waals surface area contributed by atoms with Crippen LogP contribution in [0.3, 0.4) is 0 Å². The van der Waals surface area contributed by atoms with Gasteiger partial charge in [-0.25, -0.2) is 4.39 Å². The third-order valence-corrected chi connectivity index (χ3v) is 3.39. The number of pyridine rings is 1. The van der Waals surface area contributed by atoms with E-state index in [1.807, 2.05) is 0 Å². The molecule has 1 fully saturated rings.